The first kappa shape index (κ1) is 6.34. The largest absolute Gasteiger partial charge is 0.265 e. The van der Waals surface area contributed by atoms with Gasteiger partial charge in [0.25, 0.3) is 0 Å². The molecule has 0 radical (unpaired) electrons. The lowest BCUT2D eigenvalue weighted by molar-refractivity contribution is 0.562. The van der Waals surface area contributed by atoms with Gasteiger partial charge in [-0.3, -0.25) is 4.68 Å². The van der Waals surface area contributed by atoms with Crippen molar-refractivity contribution in [1.82, 2.24) is 9.78 Å². The number of aryl methyl sites for hydroxylation is 1. The van der Waals surface area contributed by atoms with E-state index in [9.17, 15) is 4.39 Å². The van der Waals surface area contributed by atoms with Crippen LogP contribution in [-0.2, 0) is 7.05 Å². The zero-order valence-electron chi connectivity index (χ0n) is 6.08. The molecule has 2 nitrogen and oxygen atoms in total. The fourth-order valence-electron chi connectivity index (χ4n) is 1.17. The SMILES string of the molecule is Cn1nc(F)c2ccccc21. The van der Waals surface area contributed by atoms with Gasteiger partial charge < -0.3 is 0 Å². The summed E-state index contributed by atoms with van der Waals surface area (Å²) in [7, 11) is 1.73. The summed E-state index contributed by atoms with van der Waals surface area (Å²) in [6.07, 6.45) is 0. The molecule has 0 aliphatic heterocycles. The Kier molecular flexibility index (Phi) is 1.18. The van der Waals surface area contributed by atoms with E-state index in [4.69, 9.17) is 0 Å². The number of fused-ring (bicyclic) bond motifs is 1. The second-order valence-electron chi connectivity index (χ2n) is 2.43. The Morgan fingerprint density at radius 1 is 1.36 bits per heavy atom. The van der Waals surface area contributed by atoms with E-state index in [1.165, 1.54) is 4.68 Å². The molecule has 1 aromatic carbocycles. The molecule has 0 aliphatic carbocycles. The minimum atomic E-state index is -0.400. The Morgan fingerprint density at radius 3 is 2.82 bits per heavy atom. The molecule has 0 aliphatic rings. The van der Waals surface area contributed by atoms with Crippen molar-refractivity contribution in [3.05, 3.63) is 30.2 Å². The molecule has 11 heavy (non-hydrogen) atoms. The highest BCUT2D eigenvalue weighted by Crippen LogP contribution is 2.14. The fourth-order valence-corrected chi connectivity index (χ4v) is 1.17. The summed E-state index contributed by atoms with van der Waals surface area (Å²) in [5.41, 5.74) is 0.824. The molecule has 1 aromatic heterocycles. The number of aromatic nitrogens is 2. The Morgan fingerprint density at radius 2 is 2.09 bits per heavy atom. The number of nitrogens with zero attached hydrogens (tertiary/aromatic N) is 2. The Bertz CT molecular complexity index is 356. The number of hydrogen-bond acceptors (Lipinski definition) is 1. The molecule has 0 spiro atoms. The van der Waals surface area contributed by atoms with Crippen molar-refractivity contribution in [3.8, 4) is 0 Å². The van der Waals surface area contributed by atoms with E-state index in [2.05, 4.69) is 5.10 Å². The second kappa shape index (κ2) is 2.05. The van der Waals surface area contributed by atoms with Gasteiger partial charge in [0.1, 0.15) is 0 Å². The van der Waals surface area contributed by atoms with Crippen molar-refractivity contribution in [1.29, 1.82) is 0 Å². The van der Waals surface area contributed by atoms with Crippen LogP contribution in [0.15, 0.2) is 24.3 Å². The van der Waals surface area contributed by atoms with Crippen LogP contribution in [0.4, 0.5) is 4.39 Å². The standard InChI is InChI=1S/C8H7FN2/c1-11-7-5-3-2-4-6(7)8(9)10-11/h2-5H,1H3. The third-order valence-electron chi connectivity index (χ3n) is 1.71. The van der Waals surface area contributed by atoms with Gasteiger partial charge in [-0.1, -0.05) is 12.1 Å². The highest BCUT2D eigenvalue weighted by atomic mass is 19.1. The van der Waals surface area contributed by atoms with Gasteiger partial charge in [-0.2, -0.15) is 4.39 Å². The predicted molar refractivity (Wildman–Crippen MR) is 40.7 cm³/mol. The lowest BCUT2D eigenvalue weighted by Crippen LogP contribution is -1.88. The van der Waals surface area contributed by atoms with Crippen LogP contribution in [0.1, 0.15) is 0 Å². The van der Waals surface area contributed by atoms with Crippen molar-refractivity contribution in [2.45, 2.75) is 0 Å². The molecule has 2 rings (SSSR count). The third-order valence-corrected chi connectivity index (χ3v) is 1.71. The first-order chi connectivity index (χ1) is 5.29. The van der Waals surface area contributed by atoms with E-state index in [1.807, 2.05) is 12.1 Å². The average molecular weight is 150 g/mol. The van der Waals surface area contributed by atoms with Crippen molar-refractivity contribution in [2.75, 3.05) is 0 Å². The first-order valence-corrected chi connectivity index (χ1v) is 3.36. The van der Waals surface area contributed by atoms with Gasteiger partial charge in [0.2, 0.25) is 5.95 Å². The molecular formula is C8H7FN2. The molecule has 0 bridgehead atoms. The van der Waals surface area contributed by atoms with E-state index in [0.29, 0.717) is 5.39 Å². The summed E-state index contributed by atoms with van der Waals surface area (Å²) in [5.74, 6) is -0.400. The van der Waals surface area contributed by atoms with Crippen LogP contribution in [0.5, 0.6) is 0 Å². The van der Waals surface area contributed by atoms with Gasteiger partial charge in [-0.05, 0) is 12.1 Å². The zero-order chi connectivity index (χ0) is 7.84. The Labute approximate surface area is 63.3 Å². The van der Waals surface area contributed by atoms with Gasteiger partial charge >= 0.3 is 0 Å². The maximum atomic E-state index is 12.9. The molecule has 1 heterocycles. The molecule has 0 unspecified atom stereocenters. The zero-order valence-corrected chi connectivity index (χ0v) is 6.08. The molecule has 3 heteroatoms. The molecule has 0 saturated carbocycles. The van der Waals surface area contributed by atoms with Crippen LogP contribution >= 0.6 is 0 Å². The van der Waals surface area contributed by atoms with Gasteiger partial charge in [0.05, 0.1) is 10.9 Å². The topological polar surface area (TPSA) is 17.8 Å². The number of halogens is 1. The van der Waals surface area contributed by atoms with Crippen LogP contribution in [0, 0.1) is 5.95 Å². The van der Waals surface area contributed by atoms with Crippen LogP contribution in [-0.4, -0.2) is 9.78 Å². The molecule has 56 valence electrons. The van der Waals surface area contributed by atoms with Crippen molar-refractivity contribution in [2.24, 2.45) is 7.05 Å². The quantitative estimate of drug-likeness (QED) is 0.559. The lowest BCUT2D eigenvalue weighted by Gasteiger charge is -1.89. The van der Waals surface area contributed by atoms with E-state index in [1.54, 1.807) is 19.2 Å². The van der Waals surface area contributed by atoms with Gasteiger partial charge in [0.15, 0.2) is 0 Å². The summed E-state index contributed by atoms with van der Waals surface area (Å²) >= 11 is 0. The lowest BCUT2D eigenvalue weighted by atomic mass is 10.2. The van der Waals surface area contributed by atoms with E-state index in [0.717, 1.165) is 5.52 Å². The van der Waals surface area contributed by atoms with Gasteiger partial charge in [-0.25, -0.2) is 0 Å². The summed E-state index contributed by atoms with van der Waals surface area (Å²) in [6.45, 7) is 0. The van der Waals surface area contributed by atoms with E-state index in [-0.39, 0.29) is 0 Å². The third kappa shape index (κ3) is 0.808. The minimum Gasteiger partial charge on any atom is -0.265 e. The normalized spacial score (nSPS) is 10.7. The monoisotopic (exact) mass is 150 g/mol. The van der Waals surface area contributed by atoms with Crippen molar-refractivity contribution < 1.29 is 4.39 Å². The molecule has 0 amide bonds. The molecule has 0 N–H and O–H groups in total. The molecular weight excluding hydrogens is 143 g/mol. The van der Waals surface area contributed by atoms with Crippen LogP contribution in [0.25, 0.3) is 10.9 Å². The van der Waals surface area contributed by atoms with E-state index >= 15 is 0 Å². The maximum absolute atomic E-state index is 12.9. The van der Waals surface area contributed by atoms with Crippen molar-refractivity contribution in [3.63, 3.8) is 0 Å². The Balaban J connectivity index is 2.95. The summed E-state index contributed by atoms with van der Waals surface area (Å²) in [5, 5.41) is 4.22. The number of hydrogen-bond donors (Lipinski definition) is 0. The molecule has 0 fully saturated rings. The van der Waals surface area contributed by atoms with E-state index < -0.39 is 5.95 Å². The first-order valence-electron chi connectivity index (χ1n) is 3.36. The van der Waals surface area contributed by atoms with Crippen LogP contribution in [0.2, 0.25) is 0 Å². The highest BCUT2D eigenvalue weighted by molar-refractivity contribution is 5.78. The maximum Gasteiger partial charge on any atom is 0.240 e. The summed E-state index contributed by atoms with van der Waals surface area (Å²) < 4.78 is 14.4. The number of benzene rings is 1. The molecule has 0 atom stereocenters. The fraction of sp³-hybridized carbons (Fsp3) is 0.125. The summed E-state index contributed by atoms with van der Waals surface area (Å²) in [6, 6.07) is 7.22. The van der Waals surface area contributed by atoms with Crippen molar-refractivity contribution >= 4 is 10.9 Å². The molecule has 0 saturated heterocycles. The van der Waals surface area contributed by atoms with Gasteiger partial charge in [0, 0.05) is 7.05 Å². The van der Waals surface area contributed by atoms with Crippen LogP contribution in [0.3, 0.4) is 0 Å². The Hall–Kier alpha value is -1.38. The minimum absolute atomic E-state index is 0.400. The number of para-hydroxylation sites is 1. The molecule has 2 aromatic rings. The predicted octanol–water partition coefficient (Wildman–Crippen LogP) is 1.71. The number of rotatable bonds is 0. The highest BCUT2D eigenvalue weighted by Gasteiger charge is 2.04. The smallest absolute Gasteiger partial charge is 0.240 e. The van der Waals surface area contributed by atoms with Crippen LogP contribution < -0.4 is 0 Å². The second-order valence-corrected chi connectivity index (χ2v) is 2.43. The summed E-state index contributed by atoms with van der Waals surface area (Å²) in [4.78, 5) is 0. The van der Waals surface area contributed by atoms with Gasteiger partial charge in [-0.15, -0.1) is 5.10 Å². The average Bonchev–Trinajstić information content (AvgIpc) is 2.30.